The Hall–Kier alpha value is -3.02. The molecule has 5 nitrogen and oxygen atoms in total. The van der Waals surface area contributed by atoms with Crippen molar-refractivity contribution in [1.29, 1.82) is 0 Å². The number of carbonyl (C=O) groups excluding carboxylic acids is 1. The second-order valence-electron chi connectivity index (χ2n) is 4.60. The standard InChI is InChI=1S/C16H13FN2O3/c1-11(20)18-14-7-4-12(5-8-14)2-3-13-6-9-16(19(21)22)15(17)10-13/h2-10H,1H3,(H,18,20)/b3-2+. The average Bonchev–Trinajstić information content (AvgIpc) is 2.45. The van der Waals surface area contributed by atoms with Gasteiger partial charge in [-0.3, -0.25) is 14.9 Å². The molecule has 0 aliphatic heterocycles. The SMILES string of the molecule is CC(=O)Nc1ccc(/C=C/c2ccc([N+](=O)[O-])c(F)c2)cc1. The van der Waals surface area contributed by atoms with Crippen molar-refractivity contribution in [2.24, 2.45) is 0 Å². The molecule has 0 radical (unpaired) electrons. The molecule has 0 atom stereocenters. The summed E-state index contributed by atoms with van der Waals surface area (Å²) in [5, 5.41) is 13.2. The van der Waals surface area contributed by atoms with Gasteiger partial charge in [0.05, 0.1) is 4.92 Å². The predicted molar refractivity (Wildman–Crippen MR) is 82.7 cm³/mol. The molecule has 0 unspecified atom stereocenters. The normalized spacial score (nSPS) is 10.6. The molecule has 2 aromatic rings. The molecular formula is C16H13FN2O3. The molecule has 0 aromatic heterocycles. The molecule has 6 heteroatoms. The fourth-order valence-electron chi connectivity index (χ4n) is 1.85. The predicted octanol–water partition coefficient (Wildman–Crippen LogP) is 3.86. The quantitative estimate of drug-likeness (QED) is 0.529. The first-order valence-electron chi connectivity index (χ1n) is 6.45. The number of nitro groups is 1. The Kier molecular flexibility index (Phi) is 4.63. The van der Waals surface area contributed by atoms with E-state index >= 15 is 0 Å². The number of benzene rings is 2. The maximum atomic E-state index is 13.5. The Morgan fingerprint density at radius 2 is 1.73 bits per heavy atom. The number of nitro benzene ring substituents is 1. The van der Waals surface area contributed by atoms with Gasteiger partial charge in [-0.25, -0.2) is 0 Å². The van der Waals surface area contributed by atoms with E-state index in [1.807, 2.05) is 0 Å². The Morgan fingerprint density at radius 1 is 1.14 bits per heavy atom. The van der Waals surface area contributed by atoms with Gasteiger partial charge >= 0.3 is 5.69 Å². The highest BCUT2D eigenvalue weighted by molar-refractivity contribution is 5.88. The fraction of sp³-hybridized carbons (Fsp3) is 0.0625. The molecule has 0 spiro atoms. The van der Waals surface area contributed by atoms with E-state index in [9.17, 15) is 19.3 Å². The van der Waals surface area contributed by atoms with Gasteiger partial charge in [0, 0.05) is 18.7 Å². The van der Waals surface area contributed by atoms with Crippen LogP contribution in [0.25, 0.3) is 12.2 Å². The summed E-state index contributed by atoms with van der Waals surface area (Å²) in [5.41, 5.74) is 1.52. The summed E-state index contributed by atoms with van der Waals surface area (Å²) in [5.74, 6) is -1.02. The minimum Gasteiger partial charge on any atom is -0.326 e. The number of anilines is 1. The van der Waals surface area contributed by atoms with Crippen LogP contribution < -0.4 is 5.32 Å². The first-order valence-corrected chi connectivity index (χ1v) is 6.45. The second kappa shape index (κ2) is 6.62. The van der Waals surface area contributed by atoms with Crippen LogP contribution in [0.4, 0.5) is 15.8 Å². The zero-order chi connectivity index (χ0) is 16.1. The molecular weight excluding hydrogens is 287 g/mol. The van der Waals surface area contributed by atoms with Gasteiger partial charge in [-0.2, -0.15) is 4.39 Å². The second-order valence-corrected chi connectivity index (χ2v) is 4.60. The monoisotopic (exact) mass is 300 g/mol. The van der Waals surface area contributed by atoms with E-state index in [0.717, 1.165) is 17.7 Å². The zero-order valence-corrected chi connectivity index (χ0v) is 11.7. The molecule has 2 aromatic carbocycles. The zero-order valence-electron chi connectivity index (χ0n) is 11.7. The van der Waals surface area contributed by atoms with Gasteiger partial charge in [-0.1, -0.05) is 24.3 Å². The van der Waals surface area contributed by atoms with Gasteiger partial charge in [0.2, 0.25) is 11.7 Å². The van der Waals surface area contributed by atoms with Crippen molar-refractivity contribution in [3.05, 3.63) is 69.5 Å². The Balaban J connectivity index is 2.13. The number of nitrogens with one attached hydrogen (secondary N) is 1. The van der Waals surface area contributed by atoms with Crippen molar-refractivity contribution >= 4 is 29.4 Å². The van der Waals surface area contributed by atoms with E-state index in [1.54, 1.807) is 36.4 Å². The van der Waals surface area contributed by atoms with Crippen molar-refractivity contribution in [1.82, 2.24) is 0 Å². The number of nitrogens with zero attached hydrogens (tertiary/aromatic N) is 1. The molecule has 0 fully saturated rings. The summed E-state index contributed by atoms with van der Waals surface area (Å²) < 4.78 is 13.5. The van der Waals surface area contributed by atoms with Crippen LogP contribution >= 0.6 is 0 Å². The minimum atomic E-state index is -0.867. The summed E-state index contributed by atoms with van der Waals surface area (Å²) in [6.07, 6.45) is 3.40. The van der Waals surface area contributed by atoms with Crippen LogP contribution in [0.5, 0.6) is 0 Å². The lowest BCUT2D eigenvalue weighted by atomic mass is 10.1. The molecule has 0 bridgehead atoms. The van der Waals surface area contributed by atoms with Crippen molar-refractivity contribution in [3.8, 4) is 0 Å². The third-order valence-corrected chi connectivity index (χ3v) is 2.87. The van der Waals surface area contributed by atoms with Gasteiger partial charge < -0.3 is 5.32 Å². The maximum Gasteiger partial charge on any atom is 0.304 e. The van der Waals surface area contributed by atoms with E-state index in [-0.39, 0.29) is 5.91 Å². The van der Waals surface area contributed by atoms with Crippen LogP contribution in [0.1, 0.15) is 18.1 Å². The smallest absolute Gasteiger partial charge is 0.304 e. The average molecular weight is 300 g/mol. The number of hydrogen-bond donors (Lipinski definition) is 1. The fourth-order valence-corrected chi connectivity index (χ4v) is 1.85. The molecule has 1 amide bonds. The third-order valence-electron chi connectivity index (χ3n) is 2.87. The molecule has 1 N–H and O–H groups in total. The van der Waals surface area contributed by atoms with Crippen LogP contribution in [-0.2, 0) is 4.79 Å². The van der Waals surface area contributed by atoms with E-state index in [1.165, 1.54) is 13.0 Å². The van der Waals surface area contributed by atoms with E-state index < -0.39 is 16.4 Å². The van der Waals surface area contributed by atoms with E-state index in [0.29, 0.717) is 11.3 Å². The van der Waals surface area contributed by atoms with Gasteiger partial charge in [0.25, 0.3) is 0 Å². The van der Waals surface area contributed by atoms with Gasteiger partial charge in [0.15, 0.2) is 0 Å². The van der Waals surface area contributed by atoms with Gasteiger partial charge in [0.1, 0.15) is 0 Å². The van der Waals surface area contributed by atoms with Crippen molar-refractivity contribution < 1.29 is 14.1 Å². The van der Waals surface area contributed by atoms with Crippen LogP contribution in [0.2, 0.25) is 0 Å². The maximum absolute atomic E-state index is 13.5. The van der Waals surface area contributed by atoms with Crippen molar-refractivity contribution in [3.63, 3.8) is 0 Å². The highest BCUT2D eigenvalue weighted by Gasteiger charge is 2.12. The first-order chi connectivity index (χ1) is 10.5. The van der Waals surface area contributed by atoms with Gasteiger partial charge in [-0.15, -0.1) is 0 Å². The minimum absolute atomic E-state index is 0.148. The summed E-state index contributed by atoms with van der Waals surface area (Å²) in [6.45, 7) is 1.43. The highest BCUT2D eigenvalue weighted by Crippen LogP contribution is 2.19. The summed E-state index contributed by atoms with van der Waals surface area (Å²) >= 11 is 0. The van der Waals surface area contributed by atoms with E-state index in [2.05, 4.69) is 5.32 Å². The molecule has 112 valence electrons. The van der Waals surface area contributed by atoms with Crippen molar-refractivity contribution in [2.45, 2.75) is 6.92 Å². The molecule has 0 heterocycles. The topological polar surface area (TPSA) is 72.2 Å². The number of halogens is 1. The molecule has 0 saturated carbocycles. The molecule has 0 saturated heterocycles. The lowest BCUT2D eigenvalue weighted by Gasteiger charge is -2.01. The number of carbonyl (C=O) groups is 1. The lowest BCUT2D eigenvalue weighted by molar-refractivity contribution is -0.387. The molecule has 0 aliphatic rings. The molecule has 2 rings (SSSR count). The Morgan fingerprint density at radius 3 is 2.27 bits per heavy atom. The van der Waals surface area contributed by atoms with Crippen LogP contribution in [0.15, 0.2) is 42.5 Å². The summed E-state index contributed by atoms with van der Waals surface area (Å²) in [6, 6.07) is 10.8. The van der Waals surface area contributed by atoms with Crippen molar-refractivity contribution in [2.75, 3.05) is 5.32 Å². The molecule has 22 heavy (non-hydrogen) atoms. The third kappa shape index (κ3) is 3.99. The molecule has 0 aliphatic carbocycles. The van der Waals surface area contributed by atoms with E-state index in [4.69, 9.17) is 0 Å². The van der Waals surface area contributed by atoms with Crippen LogP contribution in [0.3, 0.4) is 0 Å². The van der Waals surface area contributed by atoms with Crippen LogP contribution in [-0.4, -0.2) is 10.8 Å². The summed E-state index contributed by atoms with van der Waals surface area (Å²) in [7, 11) is 0. The number of hydrogen-bond acceptors (Lipinski definition) is 3. The lowest BCUT2D eigenvalue weighted by Crippen LogP contribution is -2.05. The van der Waals surface area contributed by atoms with Gasteiger partial charge in [-0.05, 0) is 35.4 Å². The first kappa shape index (κ1) is 15.4. The van der Waals surface area contributed by atoms with Crippen LogP contribution in [0, 0.1) is 15.9 Å². The largest absolute Gasteiger partial charge is 0.326 e. The number of rotatable bonds is 4. The summed E-state index contributed by atoms with van der Waals surface area (Å²) in [4.78, 5) is 20.7. The Labute approximate surface area is 126 Å². The Bertz CT molecular complexity index is 740. The highest BCUT2D eigenvalue weighted by atomic mass is 19.1. The number of amides is 1.